The highest BCUT2D eigenvalue weighted by molar-refractivity contribution is 5.86. The van der Waals surface area contributed by atoms with Crippen molar-refractivity contribution in [3.05, 3.63) is 47.5 Å². The first kappa shape index (κ1) is 14.1. The lowest BCUT2D eigenvalue weighted by molar-refractivity contribution is -0.160. The number of aryl methyl sites for hydroxylation is 2. The number of aliphatic hydroxyl groups excluding tert-OH is 1. The molecule has 2 aromatic carbocycles. The van der Waals surface area contributed by atoms with E-state index in [0.29, 0.717) is 6.42 Å². The van der Waals surface area contributed by atoms with Gasteiger partial charge in [0, 0.05) is 6.42 Å². The van der Waals surface area contributed by atoms with Crippen molar-refractivity contribution in [1.29, 1.82) is 0 Å². The summed E-state index contributed by atoms with van der Waals surface area (Å²) in [5.41, 5.74) is 2.57. The molecular formula is C18H20O3. The van der Waals surface area contributed by atoms with E-state index in [1.165, 1.54) is 21.9 Å². The Kier molecular flexibility index (Phi) is 3.93. The van der Waals surface area contributed by atoms with Crippen molar-refractivity contribution in [1.82, 2.24) is 0 Å². The lowest BCUT2D eigenvalue weighted by Gasteiger charge is -2.26. The van der Waals surface area contributed by atoms with Crippen LogP contribution in [0.1, 0.15) is 30.4 Å². The van der Waals surface area contributed by atoms with Crippen molar-refractivity contribution in [2.24, 2.45) is 0 Å². The second-order valence-corrected chi connectivity index (χ2v) is 5.83. The number of ether oxygens (including phenoxy) is 1. The van der Waals surface area contributed by atoms with E-state index in [2.05, 4.69) is 37.3 Å². The highest BCUT2D eigenvalue weighted by Crippen LogP contribution is 2.26. The first-order valence-corrected chi connectivity index (χ1v) is 7.48. The molecular weight excluding hydrogens is 264 g/mol. The van der Waals surface area contributed by atoms with E-state index in [1.54, 1.807) is 0 Å². The van der Waals surface area contributed by atoms with E-state index in [9.17, 15) is 9.90 Å². The summed E-state index contributed by atoms with van der Waals surface area (Å²) in [6.45, 7) is 2.11. The summed E-state index contributed by atoms with van der Waals surface area (Å²) in [5, 5.41) is 12.2. The molecule has 2 aromatic rings. The quantitative estimate of drug-likeness (QED) is 0.881. The van der Waals surface area contributed by atoms with Gasteiger partial charge >= 0.3 is 5.97 Å². The maximum absolute atomic E-state index is 11.4. The summed E-state index contributed by atoms with van der Waals surface area (Å²) in [5.74, 6) is -0.284. The molecule has 0 spiro atoms. The molecule has 0 unspecified atom stereocenters. The molecule has 1 saturated heterocycles. The number of rotatable bonds is 3. The number of carbonyl (C=O) groups excluding carboxylic acids is 1. The smallest absolute Gasteiger partial charge is 0.308 e. The van der Waals surface area contributed by atoms with Gasteiger partial charge in [-0.15, -0.1) is 0 Å². The number of esters is 1. The predicted octanol–water partition coefficient (Wildman–Crippen LogP) is 3.15. The lowest BCUT2D eigenvalue weighted by atomic mass is 9.93. The molecule has 1 heterocycles. The molecule has 0 amide bonds. The van der Waals surface area contributed by atoms with Crippen molar-refractivity contribution >= 4 is 16.7 Å². The van der Waals surface area contributed by atoms with Crippen LogP contribution in [0.4, 0.5) is 0 Å². The van der Waals surface area contributed by atoms with Gasteiger partial charge < -0.3 is 9.84 Å². The van der Waals surface area contributed by atoms with Gasteiger partial charge in [-0.1, -0.05) is 36.4 Å². The topological polar surface area (TPSA) is 46.5 Å². The fourth-order valence-electron chi connectivity index (χ4n) is 3.12. The molecule has 3 heteroatoms. The number of hydrogen-bond donors (Lipinski definition) is 1. The predicted molar refractivity (Wildman–Crippen MR) is 82.1 cm³/mol. The van der Waals surface area contributed by atoms with Gasteiger partial charge in [-0.2, -0.15) is 0 Å². The largest absolute Gasteiger partial charge is 0.462 e. The normalized spacial score (nSPS) is 22.3. The van der Waals surface area contributed by atoms with Gasteiger partial charge in [0.1, 0.15) is 6.10 Å². The molecule has 21 heavy (non-hydrogen) atoms. The van der Waals surface area contributed by atoms with Gasteiger partial charge in [0.25, 0.3) is 0 Å². The van der Waals surface area contributed by atoms with Crippen molar-refractivity contribution < 1.29 is 14.6 Å². The Morgan fingerprint density at radius 3 is 2.86 bits per heavy atom. The van der Waals surface area contributed by atoms with E-state index >= 15 is 0 Å². The summed E-state index contributed by atoms with van der Waals surface area (Å²) >= 11 is 0. The molecule has 3 nitrogen and oxygen atoms in total. The van der Waals surface area contributed by atoms with E-state index in [4.69, 9.17) is 4.74 Å². The second kappa shape index (κ2) is 5.86. The number of cyclic esters (lactones) is 1. The van der Waals surface area contributed by atoms with Crippen molar-refractivity contribution in [2.45, 2.75) is 44.8 Å². The zero-order valence-electron chi connectivity index (χ0n) is 12.2. The van der Waals surface area contributed by atoms with Crippen LogP contribution >= 0.6 is 0 Å². The van der Waals surface area contributed by atoms with Crippen LogP contribution in [0.3, 0.4) is 0 Å². The molecule has 3 rings (SSSR count). The third kappa shape index (κ3) is 3.08. The summed E-state index contributed by atoms with van der Waals surface area (Å²) in [6.07, 6.45) is 1.58. The Hall–Kier alpha value is -1.87. The average Bonchev–Trinajstić information content (AvgIpc) is 2.45. The van der Waals surface area contributed by atoms with Crippen LogP contribution in [0.2, 0.25) is 0 Å². The minimum atomic E-state index is -0.551. The Morgan fingerprint density at radius 2 is 2.05 bits per heavy atom. The Bertz CT molecular complexity index is 663. The minimum Gasteiger partial charge on any atom is -0.462 e. The second-order valence-electron chi connectivity index (χ2n) is 5.83. The maximum Gasteiger partial charge on any atom is 0.308 e. The van der Waals surface area contributed by atoms with Gasteiger partial charge in [-0.25, -0.2) is 0 Å². The highest BCUT2D eigenvalue weighted by atomic mass is 16.5. The van der Waals surface area contributed by atoms with E-state index in [0.717, 1.165) is 12.8 Å². The SMILES string of the molecule is Cc1ccc2ccccc2c1CC[C@H]1C[C@H](O)CC(=O)O1. The summed E-state index contributed by atoms with van der Waals surface area (Å²) in [6, 6.07) is 12.6. The Balaban J connectivity index is 1.79. The third-order valence-corrected chi connectivity index (χ3v) is 4.23. The molecule has 1 aliphatic heterocycles. The van der Waals surface area contributed by atoms with Crippen LogP contribution in [0, 0.1) is 6.92 Å². The van der Waals surface area contributed by atoms with Gasteiger partial charge in [0.15, 0.2) is 0 Å². The zero-order chi connectivity index (χ0) is 14.8. The number of aliphatic hydroxyl groups is 1. The summed E-state index contributed by atoms with van der Waals surface area (Å²) in [4.78, 5) is 11.4. The van der Waals surface area contributed by atoms with Crippen LogP contribution < -0.4 is 0 Å². The Labute approximate surface area is 124 Å². The Morgan fingerprint density at radius 1 is 1.24 bits per heavy atom. The molecule has 0 saturated carbocycles. The molecule has 1 fully saturated rings. The monoisotopic (exact) mass is 284 g/mol. The molecule has 2 atom stereocenters. The van der Waals surface area contributed by atoms with Gasteiger partial charge in [0.2, 0.25) is 0 Å². The maximum atomic E-state index is 11.4. The van der Waals surface area contributed by atoms with Crippen molar-refractivity contribution in [2.75, 3.05) is 0 Å². The molecule has 0 aliphatic carbocycles. The highest BCUT2D eigenvalue weighted by Gasteiger charge is 2.27. The minimum absolute atomic E-state index is 0.129. The number of benzene rings is 2. The summed E-state index contributed by atoms with van der Waals surface area (Å²) in [7, 11) is 0. The van der Waals surface area contributed by atoms with E-state index in [1.807, 2.05) is 6.07 Å². The van der Waals surface area contributed by atoms with E-state index < -0.39 is 6.10 Å². The molecule has 0 radical (unpaired) electrons. The van der Waals surface area contributed by atoms with Crippen LogP contribution in [0.15, 0.2) is 36.4 Å². The van der Waals surface area contributed by atoms with Gasteiger partial charge in [-0.3, -0.25) is 4.79 Å². The number of hydrogen-bond acceptors (Lipinski definition) is 3. The average molecular weight is 284 g/mol. The van der Waals surface area contributed by atoms with Crippen LogP contribution in [-0.2, 0) is 16.0 Å². The first-order chi connectivity index (χ1) is 10.1. The molecule has 0 aromatic heterocycles. The van der Waals surface area contributed by atoms with Gasteiger partial charge in [0.05, 0.1) is 12.5 Å². The molecule has 1 aliphatic rings. The lowest BCUT2D eigenvalue weighted by Crippen LogP contribution is -2.32. The third-order valence-electron chi connectivity index (χ3n) is 4.23. The number of fused-ring (bicyclic) bond motifs is 1. The van der Waals surface area contributed by atoms with Gasteiger partial charge in [-0.05, 0) is 41.7 Å². The number of carbonyl (C=O) groups is 1. The fraction of sp³-hybridized carbons (Fsp3) is 0.389. The molecule has 1 N–H and O–H groups in total. The van der Waals surface area contributed by atoms with Crippen LogP contribution in [-0.4, -0.2) is 23.3 Å². The van der Waals surface area contributed by atoms with Crippen molar-refractivity contribution in [3.63, 3.8) is 0 Å². The summed E-state index contributed by atoms with van der Waals surface area (Å²) < 4.78 is 5.33. The van der Waals surface area contributed by atoms with E-state index in [-0.39, 0.29) is 18.5 Å². The van der Waals surface area contributed by atoms with Crippen molar-refractivity contribution in [3.8, 4) is 0 Å². The zero-order valence-corrected chi connectivity index (χ0v) is 12.2. The standard InChI is InChI=1S/C18H20O3/c1-12-6-7-13-4-2-3-5-17(13)16(12)9-8-15-10-14(19)11-18(20)21-15/h2-7,14-15,19H,8-11H2,1H3/t14-,15-/m0/s1. The fourth-order valence-corrected chi connectivity index (χ4v) is 3.12. The molecule has 0 bridgehead atoms. The first-order valence-electron chi connectivity index (χ1n) is 7.48. The molecule has 110 valence electrons. The van der Waals surface area contributed by atoms with Crippen LogP contribution in [0.5, 0.6) is 0 Å². The van der Waals surface area contributed by atoms with Crippen LogP contribution in [0.25, 0.3) is 10.8 Å².